The molecule has 0 aromatic carbocycles. The fraction of sp³-hybridized carbons (Fsp3) is 0.700. The van der Waals surface area contributed by atoms with Gasteiger partial charge in [-0.05, 0) is 19.9 Å². The van der Waals surface area contributed by atoms with Gasteiger partial charge in [0.15, 0.2) is 6.29 Å². The van der Waals surface area contributed by atoms with Crippen molar-refractivity contribution in [3.8, 4) is 0 Å². The van der Waals surface area contributed by atoms with E-state index in [4.69, 9.17) is 9.47 Å². The molecular weight excluding hydrogens is 182 g/mol. The molecule has 14 heavy (non-hydrogen) atoms. The van der Waals surface area contributed by atoms with E-state index in [2.05, 4.69) is 5.32 Å². The van der Waals surface area contributed by atoms with Gasteiger partial charge in [0, 0.05) is 13.5 Å². The zero-order valence-corrected chi connectivity index (χ0v) is 8.82. The number of rotatable bonds is 3. The second kappa shape index (κ2) is 5.12. The Morgan fingerprint density at radius 3 is 2.79 bits per heavy atom. The van der Waals surface area contributed by atoms with E-state index in [1.807, 2.05) is 26.0 Å². The van der Waals surface area contributed by atoms with E-state index < -0.39 is 0 Å². The molecule has 0 aliphatic carbocycles. The maximum Gasteiger partial charge on any atom is 0.217 e. The molecule has 0 aromatic heterocycles. The van der Waals surface area contributed by atoms with Crippen molar-refractivity contribution in [1.29, 1.82) is 0 Å². The van der Waals surface area contributed by atoms with Gasteiger partial charge in [-0.2, -0.15) is 0 Å². The van der Waals surface area contributed by atoms with Crippen LogP contribution in [0.15, 0.2) is 12.2 Å². The van der Waals surface area contributed by atoms with Crippen molar-refractivity contribution in [2.75, 3.05) is 6.61 Å². The summed E-state index contributed by atoms with van der Waals surface area (Å²) in [6, 6.07) is -0.0517. The molecule has 4 nitrogen and oxygen atoms in total. The van der Waals surface area contributed by atoms with E-state index in [9.17, 15) is 4.79 Å². The molecule has 80 valence electrons. The first kappa shape index (κ1) is 11.2. The quantitative estimate of drug-likeness (QED) is 0.685. The summed E-state index contributed by atoms with van der Waals surface area (Å²) < 4.78 is 10.8. The van der Waals surface area contributed by atoms with Gasteiger partial charge in [0.25, 0.3) is 0 Å². The van der Waals surface area contributed by atoms with Crippen molar-refractivity contribution in [2.24, 2.45) is 0 Å². The normalized spacial score (nSPS) is 31.5. The van der Waals surface area contributed by atoms with E-state index >= 15 is 0 Å². The number of hydrogen-bond acceptors (Lipinski definition) is 3. The van der Waals surface area contributed by atoms with Crippen LogP contribution in [0.5, 0.6) is 0 Å². The molecule has 1 aliphatic heterocycles. The Labute approximate surface area is 84.3 Å². The van der Waals surface area contributed by atoms with Gasteiger partial charge in [-0.3, -0.25) is 4.79 Å². The fourth-order valence-electron chi connectivity index (χ4n) is 1.37. The Kier molecular flexibility index (Phi) is 4.10. The molecule has 1 aliphatic rings. The van der Waals surface area contributed by atoms with Crippen LogP contribution in [0.4, 0.5) is 0 Å². The number of amides is 1. The van der Waals surface area contributed by atoms with Crippen molar-refractivity contribution in [2.45, 2.75) is 39.2 Å². The minimum absolute atomic E-state index is 0.0510. The summed E-state index contributed by atoms with van der Waals surface area (Å²) >= 11 is 0. The fourth-order valence-corrected chi connectivity index (χ4v) is 1.37. The summed E-state index contributed by atoms with van der Waals surface area (Å²) in [5.41, 5.74) is 0. The molecule has 1 amide bonds. The largest absolute Gasteiger partial charge is 0.349 e. The minimum atomic E-state index is -0.278. The third-order valence-electron chi connectivity index (χ3n) is 2.03. The second-order valence-corrected chi connectivity index (χ2v) is 3.28. The lowest BCUT2D eigenvalue weighted by atomic mass is 10.1. The Morgan fingerprint density at radius 2 is 2.29 bits per heavy atom. The Hall–Kier alpha value is -0.870. The lowest BCUT2D eigenvalue weighted by Crippen LogP contribution is -2.45. The lowest BCUT2D eigenvalue weighted by Gasteiger charge is -2.29. The summed E-state index contributed by atoms with van der Waals surface area (Å²) in [5, 5.41) is 2.79. The van der Waals surface area contributed by atoms with Crippen LogP contribution in [-0.4, -0.2) is 30.9 Å². The van der Waals surface area contributed by atoms with Gasteiger partial charge in [0.1, 0.15) is 0 Å². The van der Waals surface area contributed by atoms with Crippen LogP contribution < -0.4 is 5.32 Å². The van der Waals surface area contributed by atoms with E-state index in [0.29, 0.717) is 6.61 Å². The first-order chi connectivity index (χ1) is 6.63. The van der Waals surface area contributed by atoms with E-state index in [0.717, 1.165) is 0 Å². The highest BCUT2D eigenvalue weighted by molar-refractivity contribution is 5.73. The maximum absolute atomic E-state index is 10.8. The summed E-state index contributed by atoms with van der Waals surface area (Å²) in [6.45, 7) is 5.94. The number of carbonyl (C=O) groups is 1. The van der Waals surface area contributed by atoms with E-state index in [-0.39, 0.29) is 24.3 Å². The smallest absolute Gasteiger partial charge is 0.217 e. The first-order valence-electron chi connectivity index (χ1n) is 4.86. The van der Waals surface area contributed by atoms with Crippen LogP contribution in [0, 0.1) is 0 Å². The molecule has 1 heterocycles. The molecule has 0 aromatic rings. The third-order valence-corrected chi connectivity index (χ3v) is 2.03. The second-order valence-electron chi connectivity index (χ2n) is 3.28. The summed E-state index contributed by atoms with van der Waals surface area (Å²) in [5.74, 6) is -0.0510. The molecule has 0 unspecified atom stereocenters. The third kappa shape index (κ3) is 3.12. The predicted molar refractivity (Wildman–Crippen MR) is 52.7 cm³/mol. The summed E-state index contributed by atoms with van der Waals surface area (Å²) in [4.78, 5) is 10.8. The van der Waals surface area contributed by atoms with Crippen LogP contribution in [-0.2, 0) is 14.3 Å². The van der Waals surface area contributed by atoms with Crippen molar-refractivity contribution >= 4 is 5.91 Å². The van der Waals surface area contributed by atoms with Crippen molar-refractivity contribution < 1.29 is 14.3 Å². The van der Waals surface area contributed by atoms with Crippen LogP contribution in [0.3, 0.4) is 0 Å². The Morgan fingerprint density at radius 1 is 1.57 bits per heavy atom. The minimum Gasteiger partial charge on any atom is -0.349 e. The standard InChI is InChI=1S/C10H17NO3/c1-4-13-10-6-5-9(7(2)14-10)11-8(3)12/h5-7,9-10H,4H2,1-3H3,(H,11,12)/t7-,9+,10+/m1/s1. The van der Waals surface area contributed by atoms with Gasteiger partial charge in [0.2, 0.25) is 5.91 Å². The molecule has 0 spiro atoms. The van der Waals surface area contributed by atoms with E-state index in [1.165, 1.54) is 6.92 Å². The van der Waals surface area contributed by atoms with Crippen LogP contribution in [0.2, 0.25) is 0 Å². The molecule has 0 saturated carbocycles. The molecule has 0 radical (unpaired) electrons. The number of ether oxygens (including phenoxy) is 2. The van der Waals surface area contributed by atoms with Gasteiger partial charge in [-0.25, -0.2) is 0 Å². The van der Waals surface area contributed by atoms with Crippen LogP contribution >= 0.6 is 0 Å². The number of carbonyl (C=O) groups excluding carboxylic acids is 1. The Bertz CT molecular complexity index is 227. The van der Waals surface area contributed by atoms with Crippen molar-refractivity contribution in [1.82, 2.24) is 5.32 Å². The Balaban J connectivity index is 2.49. The van der Waals surface area contributed by atoms with Gasteiger partial charge >= 0.3 is 0 Å². The molecular formula is C10H17NO3. The van der Waals surface area contributed by atoms with E-state index in [1.54, 1.807) is 0 Å². The van der Waals surface area contributed by atoms with Crippen molar-refractivity contribution in [3.63, 3.8) is 0 Å². The zero-order valence-electron chi connectivity index (χ0n) is 8.82. The molecule has 0 bridgehead atoms. The molecule has 1 rings (SSSR count). The zero-order chi connectivity index (χ0) is 10.6. The van der Waals surface area contributed by atoms with Gasteiger partial charge in [0.05, 0.1) is 12.1 Å². The lowest BCUT2D eigenvalue weighted by molar-refractivity contribution is -0.148. The van der Waals surface area contributed by atoms with Gasteiger partial charge in [-0.15, -0.1) is 0 Å². The van der Waals surface area contributed by atoms with Gasteiger partial charge in [-0.1, -0.05) is 6.08 Å². The summed E-state index contributed by atoms with van der Waals surface area (Å²) in [7, 11) is 0. The SMILES string of the molecule is CCO[C@@H]1C=C[C@H](NC(C)=O)[C@@H](C)O1. The van der Waals surface area contributed by atoms with Gasteiger partial charge < -0.3 is 14.8 Å². The predicted octanol–water partition coefficient (Wildman–Crippen LogP) is 0.829. The number of nitrogens with one attached hydrogen (secondary N) is 1. The number of hydrogen-bond donors (Lipinski definition) is 1. The summed E-state index contributed by atoms with van der Waals surface area (Å²) in [6.07, 6.45) is 3.40. The van der Waals surface area contributed by atoms with Crippen molar-refractivity contribution in [3.05, 3.63) is 12.2 Å². The molecule has 3 atom stereocenters. The van der Waals surface area contributed by atoms with Crippen LogP contribution in [0.25, 0.3) is 0 Å². The van der Waals surface area contributed by atoms with Crippen LogP contribution in [0.1, 0.15) is 20.8 Å². The first-order valence-corrected chi connectivity index (χ1v) is 4.86. The average molecular weight is 199 g/mol. The molecule has 0 fully saturated rings. The molecule has 1 N–H and O–H groups in total. The average Bonchev–Trinajstić information content (AvgIpc) is 2.10. The molecule has 0 saturated heterocycles. The highest BCUT2D eigenvalue weighted by Gasteiger charge is 2.23. The topological polar surface area (TPSA) is 47.6 Å². The highest BCUT2D eigenvalue weighted by atomic mass is 16.7. The molecule has 4 heteroatoms. The highest BCUT2D eigenvalue weighted by Crippen LogP contribution is 2.13. The monoisotopic (exact) mass is 199 g/mol. The maximum atomic E-state index is 10.8.